The van der Waals surface area contributed by atoms with E-state index in [9.17, 15) is 15.2 Å². The van der Waals surface area contributed by atoms with Crippen LogP contribution in [0.1, 0.15) is 11.7 Å². The van der Waals surface area contributed by atoms with Gasteiger partial charge >= 0.3 is 0 Å². The van der Waals surface area contributed by atoms with Crippen LogP contribution < -0.4 is 0 Å². The number of benzene rings is 1. The minimum atomic E-state index is -0.659. The smallest absolute Gasteiger partial charge is 0.269 e. The van der Waals surface area contributed by atoms with Crippen molar-refractivity contribution in [3.8, 4) is 0 Å². The summed E-state index contributed by atoms with van der Waals surface area (Å²) in [5, 5.41) is 20.8. The molecule has 18 heavy (non-hydrogen) atoms. The van der Waals surface area contributed by atoms with Crippen LogP contribution in [0, 0.1) is 10.1 Å². The fraction of sp³-hybridized carbons (Fsp3) is 0.500. The van der Waals surface area contributed by atoms with Crippen LogP contribution in [-0.2, 0) is 0 Å². The fourth-order valence-electron chi connectivity index (χ4n) is 1.98. The molecular formula is C12H16N2O3S. The van der Waals surface area contributed by atoms with Crippen LogP contribution in [0.5, 0.6) is 0 Å². The highest BCUT2D eigenvalue weighted by molar-refractivity contribution is 7.99. The van der Waals surface area contributed by atoms with Gasteiger partial charge in [0.15, 0.2) is 0 Å². The second-order valence-electron chi connectivity index (χ2n) is 4.28. The van der Waals surface area contributed by atoms with Gasteiger partial charge < -0.3 is 5.11 Å². The number of β-amino-alcohol motifs (C(OH)–C–C–N with tert-alkyl or cyclic N) is 1. The van der Waals surface area contributed by atoms with Crippen molar-refractivity contribution in [2.45, 2.75) is 6.10 Å². The zero-order valence-electron chi connectivity index (χ0n) is 9.99. The quantitative estimate of drug-likeness (QED) is 0.664. The summed E-state index contributed by atoms with van der Waals surface area (Å²) < 4.78 is 0. The van der Waals surface area contributed by atoms with Crippen molar-refractivity contribution in [2.24, 2.45) is 0 Å². The number of rotatable bonds is 4. The molecule has 1 aliphatic rings. The van der Waals surface area contributed by atoms with Gasteiger partial charge in [-0.1, -0.05) is 12.1 Å². The first-order chi connectivity index (χ1) is 8.66. The molecule has 0 amide bonds. The molecule has 98 valence electrons. The average molecular weight is 268 g/mol. The van der Waals surface area contributed by atoms with Gasteiger partial charge in [-0.3, -0.25) is 15.0 Å². The lowest BCUT2D eigenvalue weighted by molar-refractivity contribution is -0.385. The third kappa shape index (κ3) is 3.44. The first-order valence-corrected chi connectivity index (χ1v) is 7.05. The van der Waals surface area contributed by atoms with Gasteiger partial charge in [0.2, 0.25) is 0 Å². The van der Waals surface area contributed by atoms with Crippen LogP contribution in [0.2, 0.25) is 0 Å². The van der Waals surface area contributed by atoms with E-state index in [0.29, 0.717) is 12.1 Å². The SMILES string of the molecule is O=[N+]([O-])c1cccc(C(O)CN2CCSCC2)c1. The van der Waals surface area contributed by atoms with E-state index < -0.39 is 11.0 Å². The number of nitro benzene ring substituents is 1. The number of aliphatic hydroxyl groups excluding tert-OH is 1. The molecule has 5 nitrogen and oxygen atoms in total. The molecule has 1 atom stereocenters. The number of nitrogens with zero attached hydrogens (tertiary/aromatic N) is 2. The molecule has 1 aromatic carbocycles. The molecule has 0 aromatic heterocycles. The second-order valence-corrected chi connectivity index (χ2v) is 5.51. The highest BCUT2D eigenvalue weighted by Gasteiger charge is 2.17. The molecule has 1 unspecified atom stereocenters. The molecule has 6 heteroatoms. The molecule has 1 heterocycles. The summed E-state index contributed by atoms with van der Waals surface area (Å²) >= 11 is 1.92. The van der Waals surface area contributed by atoms with E-state index in [1.54, 1.807) is 12.1 Å². The number of hydrogen-bond donors (Lipinski definition) is 1. The van der Waals surface area contributed by atoms with Gasteiger partial charge in [-0.15, -0.1) is 0 Å². The minimum absolute atomic E-state index is 0.0285. The average Bonchev–Trinajstić information content (AvgIpc) is 2.40. The first-order valence-electron chi connectivity index (χ1n) is 5.89. The Balaban J connectivity index is 2.01. The van der Waals surface area contributed by atoms with E-state index in [-0.39, 0.29) is 5.69 Å². The third-order valence-electron chi connectivity index (χ3n) is 3.00. The summed E-state index contributed by atoms with van der Waals surface area (Å²) in [5.41, 5.74) is 0.642. The predicted molar refractivity (Wildman–Crippen MR) is 71.8 cm³/mol. The normalized spacial score (nSPS) is 18.5. The van der Waals surface area contributed by atoms with Crippen molar-refractivity contribution in [1.29, 1.82) is 0 Å². The van der Waals surface area contributed by atoms with E-state index >= 15 is 0 Å². The summed E-state index contributed by atoms with van der Waals surface area (Å²) in [7, 11) is 0. The largest absolute Gasteiger partial charge is 0.387 e. The van der Waals surface area contributed by atoms with E-state index in [1.165, 1.54) is 12.1 Å². The Morgan fingerprint density at radius 1 is 1.44 bits per heavy atom. The van der Waals surface area contributed by atoms with Crippen LogP contribution in [0.4, 0.5) is 5.69 Å². The zero-order chi connectivity index (χ0) is 13.0. The molecule has 1 aromatic rings. The van der Waals surface area contributed by atoms with Gasteiger partial charge in [-0.05, 0) is 5.56 Å². The Kier molecular flexibility index (Phi) is 4.57. The van der Waals surface area contributed by atoms with Crippen molar-refractivity contribution in [3.63, 3.8) is 0 Å². The van der Waals surface area contributed by atoms with E-state index in [1.807, 2.05) is 11.8 Å². The molecule has 0 spiro atoms. The molecule has 1 fully saturated rings. The third-order valence-corrected chi connectivity index (χ3v) is 3.94. The highest BCUT2D eigenvalue weighted by atomic mass is 32.2. The van der Waals surface area contributed by atoms with Gasteiger partial charge in [0, 0.05) is 43.3 Å². The van der Waals surface area contributed by atoms with Crippen molar-refractivity contribution >= 4 is 17.4 Å². The molecule has 2 rings (SSSR count). The Bertz CT molecular complexity index is 422. The molecule has 0 saturated carbocycles. The van der Waals surface area contributed by atoms with Crippen LogP contribution in [0.3, 0.4) is 0 Å². The number of non-ortho nitro benzene ring substituents is 1. The van der Waals surface area contributed by atoms with Crippen LogP contribution >= 0.6 is 11.8 Å². The maximum atomic E-state index is 10.7. The van der Waals surface area contributed by atoms with Crippen LogP contribution in [0.25, 0.3) is 0 Å². The van der Waals surface area contributed by atoms with Gasteiger partial charge in [0.05, 0.1) is 11.0 Å². The Labute approximate surface area is 110 Å². The molecule has 1 N–H and O–H groups in total. The summed E-state index contributed by atoms with van der Waals surface area (Å²) in [5.74, 6) is 2.17. The van der Waals surface area contributed by atoms with Gasteiger partial charge in [-0.2, -0.15) is 11.8 Å². The van der Waals surface area contributed by atoms with Crippen molar-refractivity contribution < 1.29 is 10.0 Å². The van der Waals surface area contributed by atoms with Crippen molar-refractivity contribution in [2.75, 3.05) is 31.1 Å². The molecule has 0 bridgehead atoms. The monoisotopic (exact) mass is 268 g/mol. The minimum Gasteiger partial charge on any atom is -0.387 e. The summed E-state index contributed by atoms with van der Waals surface area (Å²) in [4.78, 5) is 12.4. The molecule has 1 aliphatic heterocycles. The Morgan fingerprint density at radius 3 is 2.83 bits per heavy atom. The maximum Gasteiger partial charge on any atom is 0.269 e. The zero-order valence-corrected chi connectivity index (χ0v) is 10.8. The lowest BCUT2D eigenvalue weighted by Crippen LogP contribution is -2.35. The second kappa shape index (κ2) is 6.17. The Hall–Kier alpha value is -1.11. The number of thioether (sulfide) groups is 1. The van der Waals surface area contributed by atoms with Crippen LogP contribution in [-0.4, -0.2) is 46.1 Å². The standard InChI is InChI=1S/C12H16N2O3S/c15-12(9-13-4-6-18-7-5-13)10-2-1-3-11(8-10)14(16)17/h1-3,8,12,15H,4-7,9H2. The van der Waals surface area contributed by atoms with E-state index in [4.69, 9.17) is 0 Å². The molecule has 0 radical (unpaired) electrons. The lowest BCUT2D eigenvalue weighted by Gasteiger charge is -2.28. The maximum absolute atomic E-state index is 10.7. The van der Waals surface area contributed by atoms with Gasteiger partial charge in [-0.25, -0.2) is 0 Å². The predicted octanol–water partition coefficient (Wildman–Crippen LogP) is 1.68. The lowest BCUT2D eigenvalue weighted by atomic mass is 10.1. The van der Waals surface area contributed by atoms with Crippen molar-refractivity contribution in [3.05, 3.63) is 39.9 Å². The summed E-state index contributed by atoms with van der Waals surface area (Å²) in [6.45, 7) is 2.48. The van der Waals surface area contributed by atoms with Gasteiger partial charge in [0.1, 0.15) is 0 Å². The number of nitro groups is 1. The van der Waals surface area contributed by atoms with E-state index in [0.717, 1.165) is 24.6 Å². The fourth-order valence-corrected chi connectivity index (χ4v) is 2.96. The number of hydrogen-bond acceptors (Lipinski definition) is 5. The molecule has 1 saturated heterocycles. The summed E-state index contributed by atoms with van der Waals surface area (Å²) in [6, 6.07) is 6.23. The molecule has 0 aliphatic carbocycles. The Morgan fingerprint density at radius 2 is 2.17 bits per heavy atom. The molecular weight excluding hydrogens is 252 g/mol. The van der Waals surface area contributed by atoms with E-state index in [2.05, 4.69) is 4.90 Å². The summed E-state index contributed by atoms with van der Waals surface area (Å²) in [6.07, 6.45) is -0.659. The highest BCUT2D eigenvalue weighted by Crippen LogP contribution is 2.21. The topological polar surface area (TPSA) is 66.6 Å². The van der Waals surface area contributed by atoms with Gasteiger partial charge in [0.25, 0.3) is 5.69 Å². The number of aliphatic hydroxyl groups is 1. The first kappa shape index (κ1) is 13.3. The van der Waals surface area contributed by atoms with Crippen molar-refractivity contribution in [1.82, 2.24) is 4.90 Å². The van der Waals surface area contributed by atoms with Crippen LogP contribution in [0.15, 0.2) is 24.3 Å².